The maximum atomic E-state index is 12.0. The van der Waals surface area contributed by atoms with Crippen LogP contribution in [0.5, 0.6) is 0 Å². The Labute approximate surface area is 128 Å². The number of nitrogens with one attached hydrogen (secondary N) is 1. The summed E-state index contributed by atoms with van der Waals surface area (Å²) >= 11 is 0. The van der Waals surface area contributed by atoms with Crippen molar-refractivity contribution in [1.82, 2.24) is 9.62 Å². The van der Waals surface area contributed by atoms with Gasteiger partial charge in [-0.05, 0) is 25.2 Å². The Bertz CT molecular complexity index is 431. The number of nitrogens with two attached hydrogens (primary N) is 1. The number of hydrogen-bond acceptors (Lipinski definition) is 4. The van der Waals surface area contributed by atoms with Crippen LogP contribution >= 0.6 is 0 Å². The van der Waals surface area contributed by atoms with E-state index >= 15 is 0 Å². The van der Waals surface area contributed by atoms with Gasteiger partial charge >= 0.3 is 0 Å². The zero-order valence-corrected chi connectivity index (χ0v) is 14.2. The van der Waals surface area contributed by atoms with Gasteiger partial charge in [0.15, 0.2) is 0 Å². The third kappa shape index (κ3) is 5.23. The first-order valence-corrected chi connectivity index (χ1v) is 9.46. The van der Waals surface area contributed by atoms with E-state index in [-0.39, 0.29) is 23.6 Å². The van der Waals surface area contributed by atoms with Gasteiger partial charge in [-0.1, -0.05) is 27.2 Å². The molecule has 2 unspecified atom stereocenters. The molecule has 0 aromatic heterocycles. The van der Waals surface area contributed by atoms with Crippen LogP contribution < -0.4 is 11.1 Å². The lowest BCUT2D eigenvalue weighted by Gasteiger charge is -2.32. The summed E-state index contributed by atoms with van der Waals surface area (Å²) in [6.45, 7) is 6.79. The standard InChI is InChI=1S/C14H29N3O3S/c1-4-10-21(19,20)17-8-6-12(7-9-17)16-14(18)13(15)11(3)5-2/h11-13H,4-10,15H2,1-3H3,(H,16,18). The first kappa shape index (κ1) is 18.4. The van der Waals surface area contributed by atoms with Gasteiger partial charge < -0.3 is 11.1 Å². The van der Waals surface area contributed by atoms with E-state index < -0.39 is 16.1 Å². The summed E-state index contributed by atoms with van der Waals surface area (Å²) in [5, 5.41) is 2.95. The largest absolute Gasteiger partial charge is 0.352 e. The van der Waals surface area contributed by atoms with Crippen molar-refractivity contribution < 1.29 is 13.2 Å². The van der Waals surface area contributed by atoms with Crippen LogP contribution in [0, 0.1) is 5.92 Å². The topological polar surface area (TPSA) is 92.5 Å². The second-order valence-corrected chi connectivity index (χ2v) is 8.00. The molecule has 0 aromatic carbocycles. The number of carbonyl (C=O) groups is 1. The Balaban J connectivity index is 2.45. The van der Waals surface area contributed by atoms with E-state index in [4.69, 9.17) is 5.73 Å². The number of hydrogen-bond donors (Lipinski definition) is 2. The zero-order valence-electron chi connectivity index (χ0n) is 13.3. The van der Waals surface area contributed by atoms with Gasteiger partial charge in [0.25, 0.3) is 0 Å². The summed E-state index contributed by atoms with van der Waals surface area (Å²) in [7, 11) is -3.12. The maximum Gasteiger partial charge on any atom is 0.237 e. The summed E-state index contributed by atoms with van der Waals surface area (Å²) in [5.41, 5.74) is 5.91. The first-order valence-electron chi connectivity index (χ1n) is 7.85. The quantitative estimate of drug-likeness (QED) is 0.722. The molecular weight excluding hydrogens is 290 g/mol. The molecule has 124 valence electrons. The molecule has 1 aliphatic rings. The summed E-state index contributed by atoms with van der Waals surface area (Å²) in [4.78, 5) is 12.0. The van der Waals surface area contributed by atoms with Gasteiger partial charge in [0.05, 0.1) is 11.8 Å². The van der Waals surface area contributed by atoms with E-state index in [1.165, 1.54) is 4.31 Å². The molecule has 0 spiro atoms. The van der Waals surface area contributed by atoms with Crippen molar-refractivity contribution in [2.45, 2.75) is 58.5 Å². The monoisotopic (exact) mass is 319 g/mol. The zero-order chi connectivity index (χ0) is 16.0. The second-order valence-electron chi connectivity index (χ2n) is 5.91. The van der Waals surface area contributed by atoms with Crippen LogP contribution in [0.2, 0.25) is 0 Å². The van der Waals surface area contributed by atoms with Crippen LogP contribution in [0.4, 0.5) is 0 Å². The van der Waals surface area contributed by atoms with Crippen molar-refractivity contribution in [1.29, 1.82) is 0 Å². The minimum Gasteiger partial charge on any atom is -0.352 e. The fourth-order valence-electron chi connectivity index (χ4n) is 2.48. The fourth-order valence-corrected chi connectivity index (χ4v) is 4.02. The molecular formula is C14H29N3O3S. The summed E-state index contributed by atoms with van der Waals surface area (Å²) in [5.74, 6) is 0.220. The maximum absolute atomic E-state index is 12.0. The summed E-state index contributed by atoms with van der Waals surface area (Å²) in [6, 6.07) is -0.461. The minimum atomic E-state index is -3.12. The van der Waals surface area contributed by atoms with E-state index in [2.05, 4.69) is 5.32 Å². The molecule has 7 heteroatoms. The van der Waals surface area contributed by atoms with Crippen molar-refractivity contribution in [3.8, 4) is 0 Å². The Kier molecular flexibility index (Phi) is 7.09. The average Bonchev–Trinajstić information content (AvgIpc) is 2.46. The molecule has 0 aliphatic carbocycles. The Morgan fingerprint density at radius 1 is 1.33 bits per heavy atom. The normalized spacial score (nSPS) is 21.0. The van der Waals surface area contributed by atoms with Crippen molar-refractivity contribution in [3.63, 3.8) is 0 Å². The van der Waals surface area contributed by atoms with Gasteiger partial charge in [0.2, 0.25) is 15.9 Å². The van der Waals surface area contributed by atoms with Crippen LogP contribution in [0.3, 0.4) is 0 Å². The number of piperidine rings is 1. The van der Waals surface area contributed by atoms with Crippen molar-refractivity contribution >= 4 is 15.9 Å². The number of amides is 1. The van der Waals surface area contributed by atoms with Gasteiger partial charge in [-0.25, -0.2) is 12.7 Å². The fraction of sp³-hybridized carbons (Fsp3) is 0.929. The third-order valence-electron chi connectivity index (χ3n) is 4.22. The average molecular weight is 319 g/mol. The lowest BCUT2D eigenvalue weighted by molar-refractivity contribution is -0.124. The molecule has 0 radical (unpaired) electrons. The van der Waals surface area contributed by atoms with Crippen molar-refractivity contribution in [2.75, 3.05) is 18.8 Å². The Morgan fingerprint density at radius 3 is 2.38 bits per heavy atom. The predicted molar refractivity (Wildman–Crippen MR) is 84.2 cm³/mol. The molecule has 0 aromatic rings. The van der Waals surface area contributed by atoms with Gasteiger partial charge in [-0.15, -0.1) is 0 Å². The smallest absolute Gasteiger partial charge is 0.237 e. The van der Waals surface area contributed by atoms with Crippen LogP contribution in [-0.2, 0) is 14.8 Å². The van der Waals surface area contributed by atoms with E-state index in [1.807, 2.05) is 20.8 Å². The second kappa shape index (κ2) is 8.10. The highest BCUT2D eigenvalue weighted by Gasteiger charge is 2.29. The van der Waals surface area contributed by atoms with Gasteiger partial charge in [-0.3, -0.25) is 4.79 Å². The molecule has 21 heavy (non-hydrogen) atoms. The van der Waals surface area contributed by atoms with Gasteiger partial charge in [-0.2, -0.15) is 0 Å². The lowest BCUT2D eigenvalue weighted by Crippen LogP contribution is -2.52. The first-order chi connectivity index (χ1) is 9.81. The number of carbonyl (C=O) groups excluding carboxylic acids is 1. The molecule has 1 heterocycles. The van der Waals surface area contributed by atoms with E-state index in [0.29, 0.717) is 32.4 Å². The molecule has 1 rings (SSSR count). The summed E-state index contributed by atoms with van der Waals surface area (Å²) < 4.78 is 25.5. The molecule has 1 aliphatic heterocycles. The number of rotatable bonds is 7. The van der Waals surface area contributed by atoms with Crippen LogP contribution in [0.25, 0.3) is 0 Å². The van der Waals surface area contributed by atoms with E-state index in [1.54, 1.807) is 0 Å². The molecule has 3 N–H and O–H groups in total. The summed E-state index contributed by atoms with van der Waals surface area (Å²) in [6.07, 6.45) is 2.80. The van der Waals surface area contributed by atoms with Crippen molar-refractivity contribution in [3.05, 3.63) is 0 Å². The van der Waals surface area contributed by atoms with Crippen LogP contribution in [0.15, 0.2) is 0 Å². The molecule has 6 nitrogen and oxygen atoms in total. The van der Waals surface area contributed by atoms with Gasteiger partial charge in [0, 0.05) is 19.1 Å². The predicted octanol–water partition coefficient (Wildman–Crippen LogP) is 0.680. The lowest BCUT2D eigenvalue weighted by atomic mass is 9.98. The van der Waals surface area contributed by atoms with Gasteiger partial charge in [0.1, 0.15) is 0 Å². The molecule has 1 saturated heterocycles. The number of sulfonamides is 1. The molecule has 0 bridgehead atoms. The third-order valence-corrected chi connectivity index (χ3v) is 6.29. The molecule has 1 fully saturated rings. The van der Waals surface area contributed by atoms with Crippen LogP contribution in [-0.4, -0.2) is 49.6 Å². The Hall–Kier alpha value is -0.660. The number of nitrogens with zero attached hydrogens (tertiary/aromatic N) is 1. The van der Waals surface area contributed by atoms with E-state index in [0.717, 1.165) is 6.42 Å². The van der Waals surface area contributed by atoms with Crippen LogP contribution in [0.1, 0.15) is 46.5 Å². The molecule has 1 amide bonds. The highest BCUT2D eigenvalue weighted by Crippen LogP contribution is 2.15. The van der Waals surface area contributed by atoms with Crippen molar-refractivity contribution in [2.24, 2.45) is 11.7 Å². The molecule has 2 atom stereocenters. The molecule has 0 saturated carbocycles. The Morgan fingerprint density at radius 2 is 1.90 bits per heavy atom. The highest BCUT2D eigenvalue weighted by molar-refractivity contribution is 7.89. The SMILES string of the molecule is CCCS(=O)(=O)N1CCC(NC(=O)C(N)C(C)CC)CC1. The van der Waals surface area contributed by atoms with E-state index in [9.17, 15) is 13.2 Å². The minimum absolute atomic E-state index is 0.0284. The highest BCUT2D eigenvalue weighted by atomic mass is 32.2.